The van der Waals surface area contributed by atoms with E-state index in [1.165, 1.54) is 33.5 Å². The van der Waals surface area contributed by atoms with Gasteiger partial charge >= 0.3 is 0 Å². The Morgan fingerprint density at radius 1 is 0.964 bits per heavy atom. The number of sulfonamides is 1. The van der Waals surface area contributed by atoms with Crippen LogP contribution in [0.5, 0.6) is 0 Å². The molecule has 0 bridgehead atoms. The quantitative estimate of drug-likeness (QED) is 0.720. The van der Waals surface area contributed by atoms with Crippen molar-refractivity contribution in [2.24, 2.45) is 0 Å². The molecule has 0 aromatic heterocycles. The molecule has 150 valence electrons. The Hall–Kier alpha value is -1.74. The van der Waals surface area contributed by atoms with Gasteiger partial charge in [0.25, 0.3) is 0 Å². The van der Waals surface area contributed by atoms with E-state index < -0.39 is 21.7 Å². The summed E-state index contributed by atoms with van der Waals surface area (Å²) in [6, 6.07) is 7.45. The third kappa shape index (κ3) is 4.46. The maximum Gasteiger partial charge on any atom is 0.244 e. The first-order valence-corrected chi connectivity index (χ1v) is 10.5. The second kappa shape index (κ2) is 8.32. The predicted molar refractivity (Wildman–Crippen MR) is 102 cm³/mol. The van der Waals surface area contributed by atoms with E-state index in [1.54, 1.807) is 0 Å². The predicted octanol–water partition coefficient (Wildman–Crippen LogP) is 3.35. The average Bonchev–Trinajstić information content (AvgIpc) is 2.64. The molecule has 0 radical (unpaired) electrons. The standard InChI is InChI=1S/C18H16Cl2F2N2O3S/c19-13-2-4-17(14(20)11-13)28(26,27)24-7-5-23(6-8-24)18(25)10-12-1-3-15(21)16(22)9-12/h1-4,9,11H,5-8,10H2. The lowest BCUT2D eigenvalue weighted by molar-refractivity contribution is -0.131. The molecule has 0 saturated carbocycles. The number of rotatable bonds is 4. The van der Waals surface area contributed by atoms with Crippen molar-refractivity contribution in [1.29, 1.82) is 0 Å². The van der Waals surface area contributed by atoms with Crippen LogP contribution >= 0.6 is 23.2 Å². The molecule has 1 saturated heterocycles. The number of benzene rings is 2. The van der Waals surface area contributed by atoms with Gasteiger partial charge in [0.05, 0.1) is 11.4 Å². The largest absolute Gasteiger partial charge is 0.340 e. The van der Waals surface area contributed by atoms with Crippen LogP contribution < -0.4 is 0 Å². The number of carbonyl (C=O) groups is 1. The molecular formula is C18H16Cl2F2N2O3S. The summed E-state index contributed by atoms with van der Waals surface area (Å²) in [6.07, 6.45) is -0.0903. The summed E-state index contributed by atoms with van der Waals surface area (Å²) in [5.41, 5.74) is 0.354. The zero-order valence-electron chi connectivity index (χ0n) is 14.5. The molecule has 0 N–H and O–H groups in total. The van der Waals surface area contributed by atoms with E-state index in [0.29, 0.717) is 10.6 Å². The maximum absolute atomic E-state index is 13.3. The van der Waals surface area contributed by atoms with Crippen molar-refractivity contribution in [2.75, 3.05) is 26.2 Å². The Labute approximate surface area is 171 Å². The van der Waals surface area contributed by atoms with E-state index in [4.69, 9.17) is 23.2 Å². The molecule has 3 rings (SSSR count). The normalized spacial score (nSPS) is 15.6. The lowest BCUT2D eigenvalue weighted by Crippen LogP contribution is -2.50. The molecule has 1 aliphatic heterocycles. The van der Waals surface area contributed by atoms with E-state index in [2.05, 4.69) is 0 Å². The number of halogens is 4. The van der Waals surface area contributed by atoms with Gasteiger partial charge in [-0.05, 0) is 35.9 Å². The van der Waals surface area contributed by atoms with Gasteiger partial charge in [0.1, 0.15) is 4.90 Å². The molecular weight excluding hydrogens is 433 g/mol. The highest BCUT2D eigenvalue weighted by molar-refractivity contribution is 7.89. The molecule has 0 aliphatic carbocycles. The SMILES string of the molecule is O=C(Cc1ccc(F)c(F)c1)N1CCN(S(=O)(=O)c2ccc(Cl)cc2Cl)CC1. The minimum atomic E-state index is -3.81. The third-order valence-electron chi connectivity index (χ3n) is 4.44. The van der Waals surface area contributed by atoms with Gasteiger partial charge in [-0.25, -0.2) is 17.2 Å². The van der Waals surface area contributed by atoms with Gasteiger partial charge in [-0.1, -0.05) is 29.3 Å². The van der Waals surface area contributed by atoms with E-state index in [0.717, 1.165) is 12.1 Å². The molecule has 0 unspecified atom stereocenters. The molecule has 0 atom stereocenters. The van der Waals surface area contributed by atoms with Crippen LogP contribution in [0.25, 0.3) is 0 Å². The Balaban J connectivity index is 1.64. The van der Waals surface area contributed by atoms with Crippen molar-refractivity contribution >= 4 is 39.1 Å². The lowest BCUT2D eigenvalue weighted by atomic mass is 10.1. The van der Waals surface area contributed by atoms with Crippen LogP contribution in [-0.2, 0) is 21.2 Å². The molecule has 0 spiro atoms. The Kier molecular flexibility index (Phi) is 6.24. The summed E-state index contributed by atoms with van der Waals surface area (Å²) in [5.74, 6) is -2.27. The van der Waals surface area contributed by atoms with Gasteiger partial charge in [-0.2, -0.15) is 4.31 Å². The number of piperazine rings is 1. The maximum atomic E-state index is 13.3. The van der Waals surface area contributed by atoms with Crippen molar-refractivity contribution in [3.05, 3.63) is 63.6 Å². The van der Waals surface area contributed by atoms with Gasteiger partial charge in [-0.15, -0.1) is 0 Å². The van der Waals surface area contributed by atoms with Gasteiger partial charge in [-0.3, -0.25) is 4.79 Å². The summed E-state index contributed by atoms with van der Waals surface area (Å²) in [5, 5.41) is 0.362. The zero-order valence-corrected chi connectivity index (χ0v) is 16.9. The minimum Gasteiger partial charge on any atom is -0.340 e. The van der Waals surface area contributed by atoms with E-state index in [1.807, 2.05) is 0 Å². The first kappa shape index (κ1) is 21.0. The van der Waals surface area contributed by atoms with Crippen LogP contribution in [0.2, 0.25) is 10.0 Å². The van der Waals surface area contributed by atoms with Gasteiger partial charge in [0, 0.05) is 31.2 Å². The van der Waals surface area contributed by atoms with Gasteiger partial charge < -0.3 is 4.90 Å². The molecule has 2 aromatic rings. The van der Waals surface area contributed by atoms with Crippen molar-refractivity contribution in [3.8, 4) is 0 Å². The first-order chi connectivity index (χ1) is 13.2. The Bertz CT molecular complexity index is 1010. The van der Waals surface area contributed by atoms with Gasteiger partial charge in [0.15, 0.2) is 11.6 Å². The number of hydrogen-bond donors (Lipinski definition) is 0. The van der Waals surface area contributed by atoms with Crippen molar-refractivity contribution in [2.45, 2.75) is 11.3 Å². The monoisotopic (exact) mass is 448 g/mol. The Morgan fingerprint density at radius 2 is 1.64 bits per heavy atom. The molecule has 28 heavy (non-hydrogen) atoms. The summed E-state index contributed by atoms with van der Waals surface area (Å²) in [7, 11) is -3.81. The highest BCUT2D eigenvalue weighted by atomic mass is 35.5. The molecule has 1 aliphatic rings. The number of hydrogen-bond acceptors (Lipinski definition) is 3. The number of amides is 1. The highest BCUT2D eigenvalue weighted by Gasteiger charge is 2.31. The van der Waals surface area contributed by atoms with Crippen molar-refractivity contribution in [1.82, 2.24) is 9.21 Å². The molecule has 1 amide bonds. The molecule has 10 heteroatoms. The summed E-state index contributed by atoms with van der Waals surface area (Å²) < 4.78 is 53.1. The number of carbonyl (C=O) groups excluding carboxylic acids is 1. The third-order valence-corrected chi connectivity index (χ3v) is 7.06. The van der Waals surface area contributed by atoms with Crippen LogP contribution in [0.4, 0.5) is 8.78 Å². The van der Waals surface area contributed by atoms with Crippen LogP contribution in [-0.4, -0.2) is 49.7 Å². The minimum absolute atomic E-state index is 0.0318. The Morgan fingerprint density at radius 3 is 2.25 bits per heavy atom. The van der Waals surface area contributed by atoms with Crippen molar-refractivity contribution in [3.63, 3.8) is 0 Å². The smallest absolute Gasteiger partial charge is 0.244 e. The van der Waals surface area contributed by atoms with E-state index >= 15 is 0 Å². The average molecular weight is 449 g/mol. The van der Waals surface area contributed by atoms with Crippen LogP contribution in [0.3, 0.4) is 0 Å². The van der Waals surface area contributed by atoms with Gasteiger partial charge in [0.2, 0.25) is 15.9 Å². The summed E-state index contributed by atoms with van der Waals surface area (Å²) in [6.45, 7) is 0.579. The molecule has 1 heterocycles. The topological polar surface area (TPSA) is 57.7 Å². The second-order valence-electron chi connectivity index (χ2n) is 6.28. The second-order valence-corrected chi connectivity index (χ2v) is 9.03. The first-order valence-electron chi connectivity index (χ1n) is 8.35. The fourth-order valence-electron chi connectivity index (χ4n) is 2.94. The number of nitrogens with zero attached hydrogens (tertiary/aromatic N) is 2. The van der Waals surface area contributed by atoms with Crippen molar-refractivity contribution < 1.29 is 22.0 Å². The fourth-order valence-corrected chi connectivity index (χ4v) is 5.11. The van der Waals surface area contributed by atoms with E-state index in [9.17, 15) is 22.0 Å². The molecule has 2 aromatic carbocycles. The highest BCUT2D eigenvalue weighted by Crippen LogP contribution is 2.28. The molecule has 1 fully saturated rings. The fraction of sp³-hybridized carbons (Fsp3) is 0.278. The molecule has 5 nitrogen and oxygen atoms in total. The van der Waals surface area contributed by atoms with Crippen LogP contribution in [0.15, 0.2) is 41.3 Å². The lowest BCUT2D eigenvalue weighted by Gasteiger charge is -2.34. The van der Waals surface area contributed by atoms with E-state index in [-0.39, 0.29) is 48.4 Å². The summed E-state index contributed by atoms with van der Waals surface area (Å²) >= 11 is 11.8. The summed E-state index contributed by atoms with van der Waals surface area (Å²) in [4.78, 5) is 13.8. The van der Waals surface area contributed by atoms with Crippen LogP contribution in [0.1, 0.15) is 5.56 Å². The van der Waals surface area contributed by atoms with Crippen LogP contribution in [0, 0.1) is 11.6 Å². The zero-order chi connectivity index (χ0) is 20.5.